The summed E-state index contributed by atoms with van der Waals surface area (Å²) in [5, 5.41) is 7.31. The molecule has 24 heavy (non-hydrogen) atoms. The molecular weight excluding hydrogens is 324 g/mol. The number of hydrogen-bond donors (Lipinski definition) is 2. The molecule has 1 amide bonds. The van der Waals surface area contributed by atoms with Crippen LogP contribution in [0.3, 0.4) is 0 Å². The lowest BCUT2D eigenvalue weighted by molar-refractivity contribution is 0.0947. The molecule has 2 rings (SSSR count). The lowest BCUT2D eigenvalue weighted by Crippen LogP contribution is -2.35. The van der Waals surface area contributed by atoms with Crippen molar-refractivity contribution in [3.63, 3.8) is 0 Å². The first kappa shape index (κ1) is 18.3. The SMILES string of the molecule is CC1=CC(C)(C)Nc2c(C(=O)N[C@@H](C)/C=C/S(C)(=O)=O)cccc21. The average molecular weight is 348 g/mol. The molecule has 1 heterocycles. The van der Waals surface area contributed by atoms with Crippen LogP contribution in [0.15, 0.2) is 35.8 Å². The molecule has 5 nitrogen and oxygen atoms in total. The van der Waals surface area contributed by atoms with Crippen LogP contribution in [0.5, 0.6) is 0 Å². The average Bonchev–Trinajstić information content (AvgIpc) is 2.42. The number of carbonyl (C=O) groups excluding carboxylic acids is 1. The molecule has 0 bridgehead atoms. The van der Waals surface area contributed by atoms with Crippen LogP contribution in [0.2, 0.25) is 0 Å². The van der Waals surface area contributed by atoms with Crippen molar-refractivity contribution in [2.24, 2.45) is 0 Å². The molecule has 6 heteroatoms. The van der Waals surface area contributed by atoms with Crippen LogP contribution in [-0.2, 0) is 9.84 Å². The monoisotopic (exact) mass is 348 g/mol. The van der Waals surface area contributed by atoms with E-state index in [0.717, 1.165) is 28.5 Å². The zero-order chi connectivity index (χ0) is 18.1. The number of allylic oxidation sites excluding steroid dienone is 1. The summed E-state index contributed by atoms with van der Waals surface area (Å²) in [5.74, 6) is -0.240. The molecule has 0 aromatic heterocycles. The maximum atomic E-state index is 12.6. The zero-order valence-electron chi connectivity index (χ0n) is 14.7. The van der Waals surface area contributed by atoms with Crippen molar-refractivity contribution in [2.45, 2.75) is 39.3 Å². The predicted molar refractivity (Wildman–Crippen MR) is 98.7 cm³/mol. The molecule has 2 N–H and O–H groups in total. The van der Waals surface area contributed by atoms with Crippen molar-refractivity contribution in [2.75, 3.05) is 11.6 Å². The van der Waals surface area contributed by atoms with Crippen molar-refractivity contribution < 1.29 is 13.2 Å². The highest BCUT2D eigenvalue weighted by Crippen LogP contribution is 2.35. The standard InChI is InChI=1S/C18H24N2O3S/c1-12-11-18(3,4)20-16-14(12)7-6-8-15(16)17(21)19-13(2)9-10-24(5,22)23/h6-11,13,20H,1-5H3,(H,19,21)/b10-9+/t13-/m0/s1. The van der Waals surface area contributed by atoms with Gasteiger partial charge in [-0.15, -0.1) is 0 Å². The minimum absolute atomic E-state index is 0.240. The van der Waals surface area contributed by atoms with Gasteiger partial charge in [0.2, 0.25) is 0 Å². The Bertz CT molecular complexity index is 821. The van der Waals surface area contributed by atoms with E-state index in [0.29, 0.717) is 5.56 Å². The van der Waals surface area contributed by atoms with E-state index in [1.54, 1.807) is 13.0 Å². The van der Waals surface area contributed by atoms with Gasteiger partial charge in [0.05, 0.1) is 16.8 Å². The fourth-order valence-electron chi connectivity index (χ4n) is 2.78. The van der Waals surface area contributed by atoms with Crippen molar-refractivity contribution in [3.8, 4) is 0 Å². The van der Waals surface area contributed by atoms with Gasteiger partial charge in [0.1, 0.15) is 0 Å². The summed E-state index contributed by atoms with van der Waals surface area (Å²) >= 11 is 0. The molecule has 130 valence electrons. The highest BCUT2D eigenvalue weighted by molar-refractivity contribution is 7.93. The number of sulfone groups is 1. The number of hydrogen-bond acceptors (Lipinski definition) is 4. The van der Waals surface area contributed by atoms with Crippen LogP contribution >= 0.6 is 0 Å². The lowest BCUT2D eigenvalue weighted by Gasteiger charge is -2.32. The summed E-state index contributed by atoms with van der Waals surface area (Å²) < 4.78 is 22.3. The lowest BCUT2D eigenvalue weighted by atomic mass is 9.89. The van der Waals surface area contributed by atoms with Crippen LogP contribution in [-0.4, -0.2) is 32.2 Å². The van der Waals surface area contributed by atoms with Crippen molar-refractivity contribution in [3.05, 3.63) is 46.9 Å². The maximum absolute atomic E-state index is 12.6. The first-order valence-corrected chi connectivity index (χ1v) is 9.74. The van der Waals surface area contributed by atoms with Gasteiger partial charge < -0.3 is 10.6 Å². The second-order valence-electron chi connectivity index (χ2n) is 6.82. The summed E-state index contributed by atoms with van der Waals surface area (Å²) in [7, 11) is -3.21. The Balaban J connectivity index is 2.28. The van der Waals surface area contributed by atoms with Gasteiger partial charge in [-0.3, -0.25) is 4.79 Å². The van der Waals surface area contributed by atoms with Crippen LogP contribution in [0.4, 0.5) is 5.69 Å². The van der Waals surface area contributed by atoms with E-state index < -0.39 is 15.9 Å². The number of fused-ring (bicyclic) bond motifs is 1. The van der Waals surface area contributed by atoms with E-state index in [1.165, 1.54) is 6.08 Å². The van der Waals surface area contributed by atoms with E-state index in [-0.39, 0.29) is 11.4 Å². The Morgan fingerprint density at radius 2 is 2.00 bits per heavy atom. The number of amides is 1. The quantitative estimate of drug-likeness (QED) is 0.877. The highest BCUT2D eigenvalue weighted by atomic mass is 32.2. The Kier molecular flexibility index (Phi) is 4.90. The van der Waals surface area contributed by atoms with E-state index >= 15 is 0 Å². The molecule has 0 saturated heterocycles. The van der Waals surface area contributed by atoms with Gasteiger partial charge in [-0.1, -0.05) is 24.3 Å². The number of carbonyl (C=O) groups is 1. The largest absolute Gasteiger partial charge is 0.376 e. The maximum Gasteiger partial charge on any atom is 0.253 e. The minimum atomic E-state index is -3.21. The summed E-state index contributed by atoms with van der Waals surface area (Å²) in [4.78, 5) is 12.6. The van der Waals surface area contributed by atoms with Crippen LogP contribution in [0, 0.1) is 0 Å². The number of benzene rings is 1. The first-order chi connectivity index (χ1) is 11.0. The molecule has 0 saturated carbocycles. The van der Waals surface area contributed by atoms with Gasteiger partial charge >= 0.3 is 0 Å². The second kappa shape index (κ2) is 6.43. The molecule has 0 fully saturated rings. The first-order valence-electron chi connectivity index (χ1n) is 7.79. The fraction of sp³-hybridized carbons (Fsp3) is 0.389. The molecule has 1 aliphatic heterocycles. The third-order valence-corrected chi connectivity index (χ3v) is 4.38. The molecule has 0 aliphatic carbocycles. The molecular formula is C18H24N2O3S. The third kappa shape index (κ3) is 4.47. The predicted octanol–water partition coefficient (Wildman–Crippen LogP) is 2.97. The molecule has 0 radical (unpaired) electrons. The summed E-state index contributed by atoms with van der Waals surface area (Å²) in [6.07, 6.45) is 4.71. The van der Waals surface area contributed by atoms with Crippen LogP contribution in [0.1, 0.15) is 43.6 Å². The summed E-state index contributed by atoms with van der Waals surface area (Å²) in [5.41, 5.74) is 3.23. The van der Waals surface area contributed by atoms with Crippen molar-refractivity contribution in [1.82, 2.24) is 5.32 Å². The number of nitrogens with one attached hydrogen (secondary N) is 2. The van der Waals surface area contributed by atoms with Crippen LogP contribution < -0.4 is 10.6 Å². The fourth-order valence-corrected chi connectivity index (χ4v) is 3.30. The molecule has 1 aliphatic rings. The van der Waals surface area contributed by atoms with Gasteiger partial charge in [-0.25, -0.2) is 8.42 Å². The molecule has 1 aromatic carbocycles. The third-order valence-electron chi connectivity index (χ3n) is 3.73. The topological polar surface area (TPSA) is 75.3 Å². The van der Waals surface area contributed by atoms with Gasteiger partial charge in [0, 0.05) is 23.3 Å². The number of para-hydroxylation sites is 1. The summed E-state index contributed by atoms with van der Waals surface area (Å²) in [6.45, 7) is 7.86. The molecule has 1 atom stereocenters. The normalized spacial score (nSPS) is 17.6. The van der Waals surface area contributed by atoms with Gasteiger partial charge in [-0.2, -0.15) is 0 Å². The smallest absolute Gasteiger partial charge is 0.253 e. The number of anilines is 1. The molecule has 0 unspecified atom stereocenters. The molecule has 1 aromatic rings. The van der Waals surface area contributed by atoms with E-state index in [2.05, 4.69) is 16.7 Å². The zero-order valence-corrected chi connectivity index (χ0v) is 15.5. The van der Waals surface area contributed by atoms with E-state index in [9.17, 15) is 13.2 Å². The van der Waals surface area contributed by atoms with Crippen molar-refractivity contribution in [1.29, 1.82) is 0 Å². The van der Waals surface area contributed by atoms with Crippen molar-refractivity contribution >= 4 is 27.0 Å². The number of rotatable bonds is 4. The van der Waals surface area contributed by atoms with Crippen LogP contribution in [0.25, 0.3) is 5.57 Å². The van der Waals surface area contributed by atoms with Gasteiger partial charge in [0.15, 0.2) is 9.84 Å². The van der Waals surface area contributed by atoms with Gasteiger partial charge in [-0.05, 0) is 39.3 Å². The minimum Gasteiger partial charge on any atom is -0.376 e. The Hall–Kier alpha value is -2.08. The van der Waals surface area contributed by atoms with E-state index in [4.69, 9.17) is 0 Å². The Morgan fingerprint density at radius 1 is 1.33 bits per heavy atom. The second-order valence-corrected chi connectivity index (χ2v) is 8.75. The van der Waals surface area contributed by atoms with E-state index in [1.807, 2.05) is 32.9 Å². The summed E-state index contributed by atoms with van der Waals surface area (Å²) in [6, 6.07) is 5.20. The molecule has 0 spiro atoms. The Labute approximate surface area is 143 Å². The van der Waals surface area contributed by atoms with Gasteiger partial charge in [0.25, 0.3) is 5.91 Å². The highest BCUT2D eigenvalue weighted by Gasteiger charge is 2.26. The Morgan fingerprint density at radius 3 is 2.62 bits per heavy atom.